The molecule has 6 heterocycles. The van der Waals surface area contributed by atoms with Gasteiger partial charge in [0.25, 0.3) is 0 Å². The van der Waals surface area contributed by atoms with E-state index in [1.165, 1.54) is 132 Å². The van der Waals surface area contributed by atoms with E-state index < -0.39 is 0 Å². The van der Waals surface area contributed by atoms with Gasteiger partial charge in [-0.3, -0.25) is 0 Å². The van der Waals surface area contributed by atoms with Gasteiger partial charge >= 0.3 is 0 Å². The Labute approximate surface area is 735 Å². The number of hydrogen-bond acceptors (Lipinski definition) is 4. The third-order valence-electron chi connectivity index (χ3n) is 26.4. The van der Waals surface area contributed by atoms with Crippen molar-refractivity contribution in [2.24, 2.45) is 5.92 Å². The lowest BCUT2D eigenvalue weighted by Gasteiger charge is -2.30. The maximum absolute atomic E-state index is 5.20. The molecule has 0 N–H and O–H groups in total. The van der Waals surface area contributed by atoms with E-state index in [1.807, 2.05) is 24.3 Å². The number of allylic oxidation sites excluding steroid dienone is 4. The summed E-state index contributed by atoms with van der Waals surface area (Å²) in [6, 6.07) is 155. The van der Waals surface area contributed by atoms with Gasteiger partial charge < -0.3 is 18.3 Å². The molecular formula is C119H82N8. The second-order valence-electron chi connectivity index (χ2n) is 34.0. The standard InChI is InChI=1S/C61H44N4.C58H38N4/c1-61(2)52-36-43(60-62-54(39-16-6-3-7-17-39)38-55(63-60)40-18-8-4-9-19-40)26-30-46(52)47-31-29-45(37-53(47)61)65-57-25-15-13-23-49(57)51-35-42(28-33-59(51)65)41-27-32-58-50(34-41)48-22-12-14-24-56(48)64(58)44-20-10-5-11-21-44;1-4-14-39(15-5-1)40-24-26-42(27-25-40)53-38-52(41-16-6-2-7-17-41)59-58(60-53)43-28-32-47(33-29-43)62-55-23-13-11-21-49(55)51-37-45(31-35-57(51)62)44-30-34-56-50(36-44)48-20-10-12-22-54(48)61(56)46-18-8-3-9-19-46/h3-38,46,52H,1-2H3;1-38H. The second kappa shape index (κ2) is 30.6. The van der Waals surface area contributed by atoms with Gasteiger partial charge in [0.2, 0.25) is 0 Å². The Morgan fingerprint density at radius 1 is 0.220 bits per heavy atom. The molecule has 0 spiro atoms. The topological polar surface area (TPSA) is 71.3 Å². The molecule has 0 saturated carbocycles. The number of benzene rings is 17. The molecule has 23 aromatic rings. The summed E-state index contributed by atoms with van der Waals surface area (Å²) in [5.74, 6) is 1.96. The van der Waals surface area contributed by atoms with Crippen molar-refractivity contribution in [3.05, 3.63) is 466 Å². The van der Waals surface area contributed by atoms with Gasteiger partial charge in [0.05, 0.1) is 66.9 Å². The van der Waals surface area contributed by atoms with Crippen LogP contribution in [0, 0.1) is 5.92 Å². The smallest absolute Gasteiger partial charge is 0.160 e. The van der Waals surface area contributed by atoms with Crippen molar-refractivity contribution in [3.8, 4) is 113 Å². The van der Waals surface area contributed by atoms with E-state index in [-0.39, 0.29) is 17.3 Å². The predicted molar refractivity (Wildman–Crippen MR) is 528 cm³/mol. The number of nitrogens with zero attached hydrogens (tertiary/aromatic N) is 8. The van der Waals surface area contributed by atoms with Crippen LogP contribution in [0.2, 0.25) is 0 Å². The Morgan fingerprint density at radius 3 is 0.898 bits per heavy atom. The van der Waals surface area contributed by atoms with E-state index in [1.54, 1.807) is 0 Å². The summed E-state index contributed by atoms with van der Waals surface area (Å²) in [5, 5.41) is 9.95. The lowest BCUT2D eigenvalue weighted by atomic mass is 9.73. The van der Waals surface area contributed by atoms with E-state index >= 15 is 0 Å². The minimum absolute atomic E-state index is 0.139. The first-order chi connectivity index (χ1) is 62.7. The zero-order valence-corrected chi connectivity index (χ0v) is 70.0. The molecule has 0 amide bonds. The summed E-state index contributed by atoms with van der Waals surface area (Å²) in [6.45, 7) is 4.83. The maximum Gasteiger partial charge on any atom is 0.160 e. The van der Waals surface area contributed by atoms with E-state index in [2.05, 4.69) is 457 Å². The molecule has 0 bridgehead atoms. The van der Waals surface area contributed by atoms with Crippen LogP contribution in [0.15, 0.2) is 449 Å². The number of hydrogen-bond donors (Lipinski definition) is 0. The highest BCUT2D eigenvalue weighted by molar-refractivity contribution is 6.15. The maximum atomic E-state index is 5.20. The Kier molecular flexibility index (Phi) is 17.9. The van der Waals surface area contributed by atoms with Crippen molar-refractivity contribution in [2.45, 2.75) is 25.2 Å². The van der Waals surface area contributed by atoms with E-state index in [4.69, 9.17) is 19.9 Å². The molecule has 0 saturated heterocycles. The molecule has 6 aromatic heterocycles. The van der Waals surface area contributed by atoms with Crippen LogP contribution in [0.1, 0.15) is 36.7 Å². The van der Waals surface area contributed by atoms with Gasteiger partial charge in [-0.05, 0) is 201 Å². The average molecular weight is 1620 g/mol. The molecule has 598 valence electrons. The lowest BCUT2D eigenvalue weighted by molar-refractivity contribution is 0.395. The molecule has 127 heavy (non-hydrogen) atoms. The first-order valence-corrected chi connectivity index (χ1v) is 43.7. The molecule has 2 aliphatic carbocycles. The number of para-hydroxylation sites is 6. The first kappa shape index (κ1) is 74.4. The van der Waals surface area contributed by atoms with Gasteiger partial charge in [-0.25, -0.2) is 19.9 Å². The van der Waals surface area contributed by atoms with Crippen LogP contribution >= 0.6 is 0 Å². The molecular weight excluding hydrogens is 1540 g/mol. The zero-order chi connectivity index (χ0) is 84.2. The van der Waals surface area contributed by atoms with Crippen molar-refractivity contribution >= 4 is 92.8 Å². The summed E-state index contributed by atoms with van der Waals surface area (Å²) in [6.07, 6.45) is 7.09. The summed E-state index contributed by atoms with van der Waals surface area (Å²) in [5.41, 5.74) is 33.9. The Bertz CT molecular complexity index is 8250. The Morgan fingerprint density at radius 2 is 0.504 bits per heavy atom. The molecule has 17 aromatic carbocycles. The molecule has 8 heteroatoms. The third kappa shape index (κ3) is 12.9. The van der Waals surface area contributed by atoms with Crippen LogP contribution in [0.3, 0.4) is 0 Å². The minimum Gasteiger partial charge on any atom is -0.309 e. The Balaban J connectivity index is 0.000000142. The molecule has 25 rings (SSSR count). The van der Waals surface area contributed by atoms with Crippen molar-refractivity contribution in [2.75, 3.05) is 0 Å². The Hall–Kier alpha value is -16.4. The SMILES string of the molecule is CC1(C)c2cc(-n3c4ccccc4c4cc(-c5ccc6c(c5)c5ccccc5n6-c5ccccc5)ccc43)ccc2C2C=CC(c3nc(-c4ccccc4)cc(-c4ccccc4)n3)=CC21.c1ccc(-c2ccc(-c3cc(-c4ccccc4)nc(-c4ccc(-n5c6ccccc6c6cc(-c7ccc8c(c7)c7ccccc7n8-c7ccccc7)ccc65)cc4)n3)cc2)cc1. The van der Waals surface area contributed by atoms with Gasteiger partial charge in [0.1, 0.15) is 0 Å². The van der Waals surface area contributed by atoms with Gasteiger partial charge in [-0.15, -0.1) is 0 Å². The number of rotatable bonds is 13. The van der Waals surface area contributed by atoms with Crippen LogP contribution < -0.4 is 0 Å². The van der Waals surface area contributed by atoms with Crippen molar-refractivity contribution in [3.63, 3.8) is 0 Å². The normalized spacial score (nSPS) is 14.0. The molecule has 2 atom stereocenters. The molecule has 8 nitrogen and oxygen atoms in total. The van der Waals surface area contributed by atoms with Gasteiger partial charge in [0, 0.05) is 105 Å². The number of fused-ring (bicyclic) bond motifs is 15. The largest absolute Gasteiger partial charge is 0.309 e. The van der Waals surface area contributed by atoms with Crippen LogP contribution in [0.25, 0.3) is 205 Å². The molecule has 0 aliphatic heterocycles. The quantitative estimate of drug-likeness (QED) is 0.115. The predicted octanol–water partition coefficient (Wildman–Crippen LogP) is 30.3. The van der Waals surface area contributed by atoms with Gasteiger partial charge in [-0.1, -0.05) is 317 Å². The molecule has 0 radical (unpaired) electrons. The number of aromatic nitrogens is 8. The highest BCUT2D eigenvalue weighted by Crippen LogP contribution is 2.55. The van der Waals surface area contributed by atoms with E-state index in [0.29, 0.717) is 5.82 Å². The average Bonchev–Trinajstić information content (AvgIpc) is 1.57. The fourth-order valence-electron chi connectivity index (χ4n) is 20.2. The fourth-order valence-corrected chi connectivity index (χ4v) is 20.2. The monoisotopic (exact) mass is 1620 g/mol. The van der Waals surface area contributed by atoms with E-state index in [9.17, 15) is 0 Å². The summed E-state index contributed by atoms with van der Waals surface area (Å²) < 4.78 is 9.58. The summed E-state index contributed by atoms with van der Waals surface area (Å²) in [4.78, 5) is 20.7. The molecule has 2 aliphatic rings. The highest BCUT2D eigenvalue weighted by atomic mass is 15.0. The second-order valence-corrected chi connectivity index (χ2v) is 34.0. The van der Waals surface area contributed by atoms with Crippen molar-refractivity contribution in [1.82, 2.24) is 38.2 Å². The highest BCUT2D eigenvalue weighted by Gasteiger charge is 2.46. The third-order valence-corrected chi connectivity index (χ3v) is 26.4. The fraction of sp³-hybridized carbons (Fsp3) is 0.0420. The minimum atomic E-state index is -0.139. The van der Waals surface area contributed by atoms with Crippen LogP contribution in [-0.2, 0) is 5.41 Å². The van der Waals surface area contributed by atoms with Gasteiger partial charge in [0.15, 0.2) is 11.6 Å². The van der Waals surface area contributed by atoms with E-state index in [0.717, 1.165) is 84.4 Å². The van der Waals surface area contributed by atoms with Crippen LogP contribution in [0.4, 0.5) is 0 Å². The zero-order valence-electron chi connectivity index (χ0n) is 70.0. The van der Waals surface area contributed by atoms with Crippen LogP contribution in [0.5, 0.6) is 0 Å². The lowest BCUT2D eigenvalue weighted by Crippen LogP contribution is -2.25. The molecule has 0 fully saturated rings. The first-order valence-electron chi connectivity index (χ1n) is 43.7. The van der Waals surface area contributed by atoms with Crippen molar-refractivity contribution < 1.29 is 0 Å². The van der Waals surface area contributed by atoms with Crippen molar-refractivity contribution in [1.29, 1.82) is 0 Å². The molecule has 2 unspecified atom stereocenters. The van der Waals surface area contributed by atoms with Crippen LogP contribution in [-0.4, -0.2) is 38.2 Å². The summed E-state index contributed by atoms with van der Waals surface area (Å²) >= 11 is 0. The summed E-state index contributed by atoms with van der Waals surface area (Å²) in [7, 11) is 0. The van der Waals surface area contributed by atoms with Gasteiger partial charge in [-0.2, -0.15) is 0 Å².